The topological polar surface area (TPSA) is 68.7 Å². The van der Waals surface area contributed by atoms with Crippen LogP contribution in [0.4, 0.5) is 5.69 Å². The molecule has 3 heterocycles. The van der Waals surface area contributed by atoms with E-state index in [2.05, 4.69) is 52.5 Å². The molecule has 2 aliphatic rings. The molecule has 6 nitrogen and oxygen atoms in total. The quantitative estimate of drug-likeness (QED) is 0.699. The largest absolute Gasteiger partial charge is 0.393 e. The van der Waals surface area contributed by atoms with Gasteiger partial charge in [0.1, 0.15) is 0 Å². The maximum Gasteiger partial charge on any atom is 0.226 e. The molecule has 172 valence electrons. The lowest BCUT2D eigenvalue weighted by molar-refractivity contribution is -0.132. The zero-order valence-corrected chi connectivity index (χ0v) is 19.1. The lowest BCUT2D eigenvalue weighted by Crippen LogP contribution is -2.46. The monoisotopic (exact) mass is 436 g/mol. The summed E-state index contributed by atoms with van der Waals surface area (Å²) in [6.07, 6.45) is 8.63. The van der Waals surface area contributed by atoms with Crippen molar-refractivity contribution in [1.82, 2.24) is 15.2 Å². The SMILES string of the molecule is CC(Cc1cccnc1)NC1CCN(c2ccc(CC(=O)N3CCC(O)CC3)cc2)CC1. The Morgan fingerprint density at radius 1 is 1.06 bits per heavy atom. The van der Waals surface area contributed by atoms with Crippen LogP contribution < -0.4 is 10.2 Å². The van der Waals surface area contributed by atoms with Crippen molar-refractivity contribution in [3.8, 4) is 0 Å². The number of pyridine rings is 1. The number of rotatable bonds is 7. The van der Waals surface area contributed by atoms with Crippen molar-refractivity contribution in [2.75, 3.05) is 31.1 Å². The van der Waals surface area contributed by atoms with Crippen LogP contribution in [0.15, 0.2) is 48.8 Å². The third-order valence-corrected chi connectivity index (χ3v) is 6.75. The number of aliphatic hydroxyl groups is 1. The lowest BCUT2D eigenvalue weighted by Gasteiger charge is -2.35. The van der Waals surface area contributed by atoms with Crippen molar-refractivity contribution < 1.29 is 9.90 Å². The normalized spacial score (nSPS) is 19.2. The molecule has 0 saturated carbocycles. The van der Waals surface area contributed by atoms with Crippen LogP contribution in [-0.2, 0) is 17.6 Å². The van der Waals surface area contributed by atoms with Crippen LogP contribution in [0.25, 0.3) is 0 Å². The second-order valence-corrected chi connectivity index (χ2v) is 9.35. The minimum atomic E-state index is -0.248. The summed E-state index contributed by atoms with van der Waals surface area (Å²) in [5.74, 6) is 0.164. The molecule has 6 heteroatoms. The van der Waals surface area contributed by atoms with E-state index in [0.29, 0.717) is 44.4 Å². The van der Waals surface area contributed by atoms with Gasteiger partial charge in [0.2, 0.25) is 5.91 Å². The fourth-order valence-corrected chi connectivity index (χ4v) is 4.86. The Morgan fingerprint density at radius 3 is 2.44 bits per heavy atom. The number of aromatic nitrogens is 1. The van der Waals surface area contributed by atoms with Gasteiger partial charge in [-0.2, -0.15) is 0 Å². The van der Waals surface area contributed by atoms with Gasteiger partial charge in [-0.05, 0) is 68.4 Å². The summed E-state index contributed by atoms with van der Waals surface area (Å²) in [6.45, 7) is 5.69. The van der Waals surface area contributed by atoms with Gasteiger partial charge in [-0.3, -0.25) is 9.78 Å². The molecular weight excluding hydrogens is 400 g/mol. The standard InChI is InChI=1S/C26H36N4O2/c1-20(17-22-3-2-12-27-19-22)28-23-8-13-29(14-9-23)24-6-4-21(5-7-24)18-26(32)30-15-10-25(31)11-16-30/h2-7,12,19-20,23,25,28,31H,8-11,13-18H2,1H3. The number of anilines is 1. The second kappa shape index (κ2) is 10.9. The second-order valence-electron chi connectivity index (χ2n) is 9.35. The number of hydrogen-bond donors (Lipinski definition) is 2. The smallest absolute Gasteiger partial charge is 0.226 e. The van der Waals surface area contributed by atoms with Gasteiger partial charge in [0.05, 0.1) is 12.5 Å². The third kappa shape index (κ3) is 6.30. The van der Waals surface area contributed by atoms with Crippen molar-refractivity contribution >= 4 is 11.6 Å². The molecule has 1 unspecified atom stereocenters. The van der Waals surface area contributed by atoms with Crippen LogP contribution in [0.1, 0.15) is 43.7 Å². The average molecular weight is 437 g/mol. The zero-order chi connectivity index (χ0) is 22.3. The molecule has 2 N–H and O–H groups in total. The Morgan fingerprint density at radius 2 is 1.78 bits per heavy atom. The van der Waals surface area contributed by atoms with E-state index in [1.165, 1.54) is 11.3 Å². The van der Waals surface area contributed by atoms with Crippen LogP contribution in [0.3, 0.4) is 0 Å². The minimum Gasteiger partial charge on any atom is -0.393 e. The van der Waals surface area contributed by atoms with Gasteiger partial charge in [0, 0.05) is 56.3 Å². The van der Waals surface area contributed by atoms with E-state index in [-0.39, 0.29) is 12.0 Å². The third-order valence-electron chi connectivity index (χ3n) is 6.75. The number of carbonyl (C=O) groups excluding carboxylic acids is 1. The molecule has 4 rings (SSSR count). The van der Waals surface area contributed by atoms with Gasteiger partial charge in [-0.15, -0.1) is 0 Å². The Balaban J connectivity index is 1.21. The first-order valence-electron chi connectivity index (χ1n) is 12.0. The van der Waals surface area contributed by atoms with Crippen LogP contribution in [0.5, 0.6) is 0 Å². The van der Waals surface area contributed by atoms with Crippen molar-refractivity contribution in [1.29, 1.82) is 0 Å². The summed E-state index contributed by atoms with van der Waals surface area (Å²) < 4.78 is 0. The van der Waals surface area contributed by atoms with Crippen LogP contribution in [0, 0.1) is 0 Å². The summed E-state index contributed by atoms with van der Waals surface area (Å²) >= 11 is 0. The number of piperidine rings is 2. The summed E-state index contributed by atoms with van der Waals surface area (Å²) in [5.41, 5.74) is 3.58. The van der Waals surface area contributed by atoms with Crippen molar-refractivity contribution in [2.45, 2.75) is 63.6 Å². The molecule has 2 aliphatic heterocycles. The van der Waals surface area contributed by atoms with Crippen LogP contribution in [-0.4, -0.2) is 65.3 Å². The Hall–Kier alpha value is -2.44. The van der Waals surface area contributed by atoms with E-state index < -0.39 is 0 Å². The highest BCUT2D eigenvalue weighted by Gasteiger charge is 2.22. The van der Waals surface area contributed by atoms with E-state index in [0.717, 1.165) is 37.9 Å². The highest BCUT2D eigenvalue weighted by Crippen LogP contribution is 2.22. The zero-order valence-electron chi connectivity index (χ0n) is 19.1. The summed E-state index contributed by atoms with van der Waals surface area (Å²) in [4.78, 5) is 21.1. The van der Waals surface area contributed by atoms with E-state index in [1.54, 1.807) is 0 Å². The van der Waals surface area contributed by atoms with Crippen molar-refractivity contribution in [2.24, 2.45) is 0 Å². The number of amides is 1. The molecule has 1 aromatic carbocycles. The Bertz CT molecular complexity index is 842. The number of nitrogens with one attached hydrogen (secondary N) is 1. The van der Waals surface area contributed by atoms with Gasteiger partial charge in [0.15, 0.2) is 0 Å². The molecular formula is C26H36N4O2. The van der Waals surface area contributed by atoms with Crippen molar-refractivity contribution in [3.63, 3.8) is 0 Å². The highest BCUT2D eigenvalue weighted by molar-refractivity contribution is 5.79. The highest BCUT2D eigenvalue weighted by atomic mass is 16.3. The van der Waals surface area contributed by atoms with E-state index >= 15 is 0 Å². The summed E-state index contributed by atoms with van der Waals surface area (Å²) in [5, 5.41) is 13.4. The molecule has 2 aromatic rings. The number of likely N-dealkylation sites (tertiary alicyclic amines) is 1. The number of aliphatic hydroxyl groups excluding tert-OH is 1. The first-order chi connectivity index (χ1) is 15.6. The first kappa shape index (κ1) is 22.7. The predicted octanol–water partition coefficient (Wildman–Crippen LogP) is 2.80. The van der Waals surface area contributed by atoms with E-state index in [4.69, 9.17) is 0 Å². The lowest BCUT2D eigenvalue weighted by atomic mass is 10.0. The fourth-order valence-electron chi connectivity index (χ4n) is 4.86. The predicted molar refractivity (Wildman–Crippen MR) is 128 cm³/mol. The molecule has 0 radical (unpaired) electrons. The maximum absolute atomic E-state index is 12.5. The molecule has 0 aliphatic carbocycles. The van der Waals surface area contributed by atoms with Gasteiger partial charge in [0.25, 0.3) is 0 Å². The molecule has 1 amide bonds. The minimum absolute atomic E-state index is 0.164. The average Bonchev–Trinajstić information content (AvgIpc) is 2.81. The summed E-state index contributed by atoms with van der Waals surface area (Å²) in [6, 6.07) is 13.6. The van der Waals surface area contributed by atoms with E-state index in [9.17, 15) is 9.90 Å². The number of hydrogen-bond acceptors (Lipinski definition) is 5. The van der Waals surface area contributed by atoms with Gasteiger partial charge < -0.3 is 20.2 Å². The fraction of sp³-hybridized carbons (Fsp3) is 0.538. The number of benzene rings is 1. The molecule has 0 bridgehead atoms. The number of nitrogens with zero attached hydrogens (tertiary/aromatic N) is 3. The molecule has 32 heavy (non-hydrogen) atoms. The van der Waals surface area contributed by atoms with Gasteiger partial charge >= 0.3 is 0 Å². The van der Waals surface area contributed by atoms with Crippen molar-refractivity contribution in [3.05, 3.63) is 59.9 Å². The Kier molecular flexibility index (Phi) is 7.76. The Labute approximate surface area is 191 Å². The van der Waals surface area contributed by atoms with E-state index in [1.807, 2.05) is 23.4 Å². The van der Waals surface area contributed by atoms with Crippen LogP contribution >= 0.6 is 0 Å². The van der Waals surface area contributed by atoms with Gasteiger partial charge in [-0.25, -0.2) is 0 Å². The molecule has 1 aromatic heterocycles. The number of carbonyl (C=O) groups is 1. The first-order valence-corrected chi connectivity index (χ1v) is 12.0. The van der Waals surface area contributed by atoms with Crippen LogP contribution in [0.2, 0.25) is 0 Å². The van der Waals surface area contributed by atoms with Gasteiger partial charge in [-0.1, -0.05) is 18.2 Å². The molecule has 2 fully saturated rings. The molecule has 2 saturated heterocycles. The molecule has 0 spiro atoms. The maximum atomic E-state index is 12.5. The molecule has 1 atom stereocenters. The summed E-state index contributed by atoms with van der Waals surface area (Å²) in [7, 11) is 0.